The average molecular weight is 446 g/mol. The van der Waals surface area contributed by atoms with Gasteiger partial charge in [0.2, 0.25) is 5.91 Å². The molecule has 0 unspecified atom stereocenters. The molecule has 3 aliphatic heterocycles. The van der Waals surface area contributed by atoms with Gasteiger partial charge in [-0.2, -0.15) is 0 Å². The lowest BCUT2D eigenvalue weighted by atomic mass is 9.92. The molecule has 3 saturated heterocycles. The maximum Gasteiger partial charge on any atom is 0.328 e. The van der Waals surface area contributed by atoms with Crippen LogP contribution in [0.4, 0.5) is 19.3 Å². The molecule has 0 radical (unpaired) electrons. The quantitative estimate of drug-likeness (QED) is 0.759. The van der Waals surface area contributed by atoms with Gasteiger partial charge in [0.1, 0.15) is 5.67 Å². The Bertz CT molecular complexity index is 1020. The van der Waals surface area contributed by atoms with E-state index in [0.717, 1.165) is 44.5 Å². The molecule has 9 heteroatoms. The number of hydrogen-bond acceptors (Lipinski definition) is 4. The number of hydrogen-bond donors (Lipinski definition) is 2. The Labute approximate surface area is 185 Å². The number of imide groups is 1. The predicted octanol–water partition coefficient (Wildman–Crippen LogP) is 2.96. The number of amides is 3. The molecule has 1 aromatic heterocycles. The Kier molecular flexibility index (Phi) is 5.63. The fourth-order valence-electron chi connectivity index (χ4n) is 5.30. The molecule has 4 heterocycles. The van der Waals surface area contributed by atoms with Gasteiger partial charge in [0.05, 0.1) is 11.2 Å². The molecule has 0 aliphatic carbocycles. The van der Waals surface area contributed by atoms with Crippen LogP contribution in [-0.4, -0.2) is 66.3 Å². The number of alkyl halides is 1. The zero-order valence-electron chi connectivity index (χ0n) is 18.1. The normalized spacial score (nSPS) is 23.0. The lowest BCUT2D eigenvalue weighted by Crippen LogP contribution is -2.49. The van der Waals surface area contributed by atoms with Gasteiger partial charge >= 0.3 is 6.03 Å². The monoisotopic (exact) mass is 445 g/mol. The molecule has 0 atom stereocenters. The van der Waals surface area contributed by atoms with E-state index in [9.17, 15) is 9.59 Å². The maximum atomic E-state index is 15.3. The van der Waals surface area contributed by atoms with Crippen LogP contribution < -0.4 is 15.5 Å². The first-order chi connectivity index (χ1) is 15.4. The van der Waals surface area contributed by atoms with Crippen LogP contribution in [0.2, 0.25) is 0 Å². The number of nitrogens with zero attached hydrogens (tertiary/aromatic N) is 3. The van der Waals surface area contributed by atoms with Crippen LogP contribution in [0.5, 0.6) is 0 Å². The zero-order chi connectivity index (χ0) is 22.3. The molecule has 7 nitrogen and oxygen atoms in total. The van der Waals surface area contributed by atoms with Crippen molar-refractivity contribution in [3.8, 4) is 0 Å². The first-order valence-electron chi connectivity index (χ1n) is 11.5. The zero-order valence-corrected chi connectivity index (χ0v) is 18.1. The Hall–Kier alpha value is -2.52. The fourth-order valence-corrected chi connectivity index (χ4v) is 5.30. The summed E-state index contributed by atoms with van der Waals surface area (Å²) in [5.74, 6) is -0.794. The van der Waals surface area contributed by atoms with Gasteiger partial charge in [0, 0.05) is 50.2 Å². The van der Waals surface area contributed by atoms with Gasteiger partial charge < -0.3 is 14.8 Å². The highest BCUT2D eigenvalue weighted by Gasteiger charge is 2.35. The topological polar surface area (TPSA) is 69.6 Å². The van der Waals surface area contributed by atoms with Crippen LogP contribution in [0.3, 0.4) is 0 Å². The van der Waals surface area contributed by atoms with Crippen molar-refractivity contribution in [1.29, 1.82) is 0 Å². The molecule has 2 N–H and O–H groups in total. The summed E-state index contributed by atoms with van der Waals surface area (Å²) in [5, 5.41) is 5.92. The van der Waals surface area contributed by atoms with Crippen molar-refractivity contribution in [2.45, 2.75) is 43.8 Å². The molecule has 3 aliphatic rings. The molecule has 3 fully saturated rings. The summed E-state index contributed by atoms with van der Waals surface area (Å²) in [6.45, 7) is 3.79. The molecule has 1 aromatic carbocycles. The average Bonchev–Trinajstić information content (AvgIpc) is 3.20. The minimum absolute atomic E-state index is 0.152. The van der Waals surface area contributed by atoms with Gasteiger partial charge in [-0.3, -0.25) is 15.0 Å². The summed E-state index contributed by atoms with van der Waals surface area (Å²) < 4.78 is 32.4. The van der Waals surface area contributed by atoms with Crippen molar-refractivity contribution in [3.05, 3.63) is 30.2 Å². The van der Waals surface area contributed by atoms with E-state index >= 15 is 8.78 Å². The molecule has 3 amide bonds. The number of carbonyl (C=O) groups excluding carboxylic acids is 2. The highest BCUT2D eigenvalue weighted by Crippen LogP contribution is 2.34. The van der Waals surface area contributed by atoms with Crippen LogP contribution in [0.25, 0.3) is 10.9 Å². The number of rotatable bonds is 4. The first kappa shape index (κ1) is 21.3. The van der Waals surface area contributed by atoms with E-state index in [1.54, 1.807) is 12.1 Å². The predicted molar refractivity (Wildman–Crippen MR) is 118 cm³/mol. The Morgan fingerprint density at radius 1 is 1.06 bits per heavy atom. The number of halogens is 2. The minimum Gasteiger partial charge on any atom is -0.344 e. The second-order valence-electron chi connectivity index (χ2n) is 9.22. The number of carbonyl (C=O) groups is 2. The van der Waals surface area contributed by atoms with Crippen LogP contribution in [0.1, 0.15) is 38.1 Å². The van der Waals surface area contributed by atoms with Gasteiger partial charge in [-0.1, -0.05) is 0 Å². The largest absolute Gasteiger partial charge is 0.344 e. The van der Waals surface area contributed by atoms with Crippen LogP contribution in [0.15, 0.2) is 24.4 Å². The van der Waals surface area contributed by atoms with Crippen molar-refractivity contribution in [3.63, 3.8) is 0 Å². The summed E-state index contributed by atoms with van der Waals surface area (Å²) in [6.07, 6.45) is 4.97. The van der Waals surface area contributed by atoms with Crippen molar-refractivity contribution in [1.82, 2.24) is 20.1 Å². The molecule has 0 saturated carbocycles. The smallest absolute Gasteiger partial charge is 0.328 e. The van der Waals surface area contributed by atoms with Crippen molar-refractivity contribution in [2.24, 2.45) is 0 Å². The summed E-state index contributed by atoms with van der Waals surface area (Å²) in [5.41, 5.74) is -0.118. The number of anilines is 1. The number of aromatic nitrogens is 1. The molecule has 32 heavy (non-hydrogen) atoms. The van der Waals surface area contributed by atoms with Gasteiger partial charge in [-0.05, 0) is 57.0 Å². The van der Waals surface area contributed by atoms with Crippen LogP contribution >= 0.6 is 0 Å². The van der Waals surface area contributed by atoms with Gasteiger partial charge in [0.25, 0.3) is 0 Å². The number of urea groups is 1. The summed E-state index contributed by atoms with van der Waals surface area (Å²) >= 11 is 0. The van der Waals surface area contributed by atoms with E-state index in [-0.39, 0.29) is 30.6 Å². The second-order valence-corrected chi connectivity index (χ2v) is 9.22. The number of piperidine rings is 2. The third-order valence-corrected chi connectivity index (χ3v) is 7.12. The van der Waals surface area contributed by atoms with Gasteiger partial charge in [0.15, 0.2) is 5.82 Å². The van der Waals surface area contributed by atoms with E-state index in [1.807, 2.05) is 12.3 Å². The first-order valence-corrected chi connectivity index (χ1v) is 11.5. The van der Waals surface area contributed by atoms with Crippen LogP contribution in [0, 0.1) is 5.82 Å². The molecule has 0 spiro atoms. The van der Waals surface area contributed by atoms with Crippen LogP contribution in [-0.2, 0) is 4.79 Å². The third-order valence-electron chi connectivity index (χ3n) is 7.12. The maximum absolute atomic E-state index is 15.3. The Balaban J connectivity index is 1.29. The van der Waals surface area contributed by atoms with E-state index < -0.39 is 17.5 Å². The van der Waals surface area contributed by atoms with E-state index in [1.165, 1.54) is 4.90 Å². The molecule has 5 rings (SSSR count). The van der Waals surface area contributed by atoms with Crippen molar-refractivity contribution in [2.75, 3.05) is 44.2 Å². The summed E-state index contributed by atoms with van der Waals surface area (Å²) in [6, 6.07) is 4.84. The van der Waals surface area contributed by atoms with Crippen molar-refractivity contribution >= 4 is 28.5 Å². The minimum atomic E-state index is -1.09. The van der Waals surface area contributed by atoms with E-state index in [2.05, 4.69) is 20.1 Å². The number of fused-ring (bicyclic) bond motifs is 1. The summed E-state index contributed by atoms with van der Waals surface area (Å²) in [4.78, 5) is 27.0. The lowest BCUT2D eigenvalue weighted by molar-refractivity contribution is -0.120. The van der Waals surface area contributed by atoms with E-state index in [0.29, 0.717) is 24.8 Å². The molecular weight excluding hydrogens is 416 g/mol. The van der Waals surface area contributed by atoms with Crippen molar-refractivity contribution < 1.29 is 18.4 Å². The Morgan fingerprint density at radius 3 is 2.53 bits per heavy atom. The molecule has 172 valence electrons. The molecule has 0 bridgehead atoms. The number of nitrogens with one attached hydrogen (secondary N) is 2. The highest BCUT2D eigenvalue weighted by molar-refractivity contribution is 6.06. The van der Waals surface area contributed by atoms with E-state index in [4.69, 9.17) is 0 Å². The summed E-state index contributed by atoms with van der Waals surface area (Å²) in [7, 11) is 0. The standard InChI is InChI=1S/C23H29F2N5O2/c24-21-17-5-13-29(18(17)1-2-19(21)30-14-6-20(31)27-22(30)32)16-3-11-28(12-4-16)15-23(25)7-9-26-10-8-23/h1-2,5,13,16,26H,3-4,6-12,14-15H2,(H,27,31,32). The Morgan fingerprint density at radius 2 is 1.81 bits per heavy atom. The SMILES string of the molecule is O=C1CCN(c2ccc3c(ccn3C3CCN(CC4(F)CCNCC4)CC3)c2F)C(=O)N1. The fraction of sp³-hybridized carbons (Fsp3) is 0.565. The molecular formula is C23H29F2N5O2. The van der Waals surface area contributed by atoms with Gasteiger partial charge in [-0.25, -0.2) is 13.6 Å². The van der Waals surface area contributed by atoms with Gasteiger partial charge in [-0.15, -0.1) is 0 Å². The number of benzene rings is 1. The number of likely N-dealkylation sites (tertiary alicyclic amines) is 1. The third kappa shape index (κ3) is 3.99. The lowest BCUT2D eigenvalue weighted by Gasteiger charge is -2.39. The molecule has 2 aromatic rings. The highest BCUT2D eigenvalue weighted by atomic mass is 19.1. The second kappa shape index (κ2) is 8.44.